The van der Waals surface area contributed by atoms with E-state index in [1.165, 1.54) is 6.92 Å². The number of anilines is 1. The molecule has 0 saturated heterocycles. The number of hydrogen-bond acceptors (Lipinski definition) is 3. The summed E-state index contributed by atoms with van der Waals surface area (Å²) in [5, 5.41) is 3.57. The number of rotatable bonds is 2. The van der Waals surface area contributed by atoms with Crippen molar-refractivity contribution in [3.8, 4) is 0 Å². The van der Waals surface area contributed by atoms with Crippen LogP contribution in [0.2, 0.25) is 0 Å². The highest BCUT2D eigenvalue weighted by Gasteiger charge is 2.07. The van der Waals surface area contributed by atoms with Crippen LogP contribution >= 0.6 is 12.2 Å². The summed E-state index contributed by atoms with van der Waals surface area (Å²) in [5.41, 5.74) is 8.87. The molecular formula is C13H13N3OS. The van der Waals surface area contributed by atoms with Gasteiger partial charge in [0.15, 0.2) is 0 Å². The summed E-state index contributed by atoms with van der Waals surface area (Å²) in [4.78, 5) is 15.8. The van der Waals surface area contributed by atoms with Gasteiger partial charge >= 0.3 is 0 Å². The van der Waals surface area contributed by atoms with Gasteiger partial charge in [0.1, 0.15) is 4.99 Å². The van der Waals surface area contributed by atoms with Gasteiger partial charge in [0, 0.05) is 29.3 Å². The molecular weight excluding hydrogens is 246 g/mol. The first-order valence-electron chi connectivity index (χ1n) is 5.46. The van der Waals surface area contributed by atoms with Crippen molar-refractivity contribution in [1.82, 2.24) is 4.98 Å². The molecule has 2 rings (SSSR count). The number of hydrogen-bond donors (Lipinski definition) is 2. The fourth-order valence-electron chi connectivity index (χ4n) is 1.84. The van der Waals surface area contributed by atoms with Crippen molar-refractivity contribution in [2.45, 2.75) is 13.8 Å². The minimum atomic E-state index is -0.119. The van der Waals surface area contributed by atoms with Crippen molar-refractivity contribution in [3.63, 3.8) is 0 Å². The molecule has 1 aromatic carbocycles. The lowest BCUT2D eigenvalue weighted by molar-refractivity contribution is -0.114. The van der Waals surface area contributed by atoms with Gasteiger partial charge in [-0.05, 0) is 31.2 Å². The molecule has 0 aliphatic carbocycles. The van der Waals surface area contributed by atoms with Gasteiger partial charge in [-0.3, -0.25) is 9.78 Å². The summed E-state index contributed by atoms with van der Waals surface area (Å²) >= 11 is 5.04. The van der Waals surface area contributed by atoms with Gasteiger partial charge in [0.2, 0.25) is 5.91 Å². The Bertz CT molecular complexity index is 652. The summed E-state index contributed by atoms with van der Waals surface area (Å²) in [7, 11) is 0. The zero-order valence-electron chi connectivity index (χ0n) is 10.2. The molecule has 0 radical (unpaired) electrons. The lowest BCUT2D eigenvalue weighted by Crippen LogP contribution is -2.11. The number of nitrogens with one attached hydrogen (secondary N) is 1. The van der Waals surface area contributed by atoms with E-state index in [4.69, 9.17) is 18.0 Å². The van der Waals surface area contributed by atoms with Crippen LogP contribution in [-0.4, -0.2) is 15.9 Å². The van der Waals surface area contributed by atoms with E-state index in [2.05, 4.69) is 10.3 Å². The predicted molar refractivity (Wildman–Crippen MR) is 76.7 cm³/mol. The quantitative estimate of drug-likeness (QED) is 0.811. The molecule has 0 aliphatic heterocycles. The van der Waals surface area contributed by atoms with E-state index < -0.39 is 0 Å². The number of benzene rings is 1. The third-order valence-electron chi connectivity index (χ3n) is 2.52. The maximum atomic E-state index is 11.0. The third-order valence-corrected chi connectivity index (χ3v) is 2.74. The van der Waals surface area contributed by atoms with Crippen LogP contribution in [-0.2, 0) is 4.79 Å². The summed E-state index contributed by atoms with van der Waals surface area (Å²) in [6.07, 6.45) is 0. The lowest BCUT2D eigenvalue weighted by Gasteiger charge is -2.09. The van der Waals surface area contributed by atoms with Gasteiger partial charge in [-0.2, -0.15) is 0 Å². The van der Waals surface area contributed by atoms with Crippen LogP contribution in [0.4, 0.5) is 5.69 Å². The predicted octanol–water partition coefficient (Wildman–Crippen LogP) is 2.14. The van der Waals surface area contributed by atoms with Crippen molar-refractivity contribution in [2.75, 3.05) is 5.32 Å². The summed E-state index contributed by atoms with van der Waals surface area (Å²) in [6.45, 7) is 3.36. The Kier molecular flexibility index (Phi) is 3.25. The number of aryl methyl sites for hydroxylation is 1. The maximum Gasteiger partial charge on any atom is 0.221 e. The molecule has 0 aliphatic rings. The van der Waals surface area contributed by atoms with Gasteiger partial charge in [-0.1, -0.05) is 12.2 Å². The van der Waals surface area contributed by atoms with E-state index in [1.807, 2.05) is 25.1 Å². The van der Waals surface area contributed by atoms with Gasteiger partial charge in [-0.15, -0.1) is 0 Å². The van der Waals surface area contributed by atoms with E-state index in [-0.39, 0.29) is 5.91 Å². The van der Waals surface area contributed by atoms with E-state index in [1.54, 1.807) is 6.07 Å². The highest BCUT2D eigenvalue weighted by molar-refractivity contribution is 7.80. The van der Waals surface area contributed by atoms with Gasteiger partial charge in [0.25, 0.3) is 0 Å². The Morgan fingerprint density at radius 2 is 2.11 bits per heavy atom. The number of fused-ring (bicyclic) bond motifs is 1. The summed E-state index contributed by atoms with van der Waals surface area (Å²) in [5.74, 6) is -0.119. The molecule has 0 fully saturated rings. The van der Waals surface area contributed by atoms with Crippen molar-refractivity contribution < 1.29 is 4.79 Å². The van der Waals surface area contributed by atoms with Crippen LogP contribution in [0.3, 0.4) is 0 Å². The van der Waals surface area contributed by atoms with Crippen molar-refractivity contribution in [2.24, 2.45) is 5.73 Å². The van der Waals surface area contributed by atoms with E-state index in [0.717, 1.165) is 22.2 Å². The molecule has 5 heteroatoms. The summed E-state index contributed by atoms with van der Waals surface area (Å²) in [6, 6.07) is 7.33. The Hall–Kier alpha value is -2.01. The highest BCUT2D eigenvalue weighted by atomic mass is 32.1. The van der Waals surface area contributed by atoms with Gasteiger partial charge < -0.3 is 11.1 Å². The number of thiocarbonyl (C=S) groups is 1. The molecule has 0 spiro atoms. The first-order valence-corrected chi connectivity index (χ1v) is 5.87. The second-order valence-electron chi connectivity index (χ2n) is 4.09. The molecule has 1 heterocycles. The van der Waals surface area contributed by atoms with Gasteiger partial charge in [-0.25, -0.2) is 0 Å². The molecule has 0 unspecified atom stereocenters. The fraction of sp³-hybridized carbons (Fsp3) is 0.154. The topological polar surface area (TPSA) is 68.0 Å². The largest absolute Gasteiger partial charge is 0.389 e. The Morgan fingerprint density at radius 1 is 1.39 bits per heavy atom. The maximum absolute atomic E-state index is 11.0. The average Bonchev–Trinajstić information content (AvgIpc) is 2.27. The second-order valence-corrected chi connectivity index (χ2v) is 4.53. The number of carbonyl (C=O) groups is 1. The van der Waals surface area contributed by atoms with Gasteiger partial charge in [0.05, 0.1) is 5.52 Å². The number of carbonyl (C=O) groups excluding carboxylic acids is 1. The number of aromatic nitrogens is 1. The molecule has 0 saturated carbocycles. The normalized spacial score (nSPS) is 10.3. The molecule has 2 aromatic rings. The zero-order valence-corrected chi connectivity index (χ0v) is 11.0. The molecule has 18 heavy (non-hydrogen) atoms. The Balaban J connectivity index is 2.66. The Morgan fingerprint density at radius 3 is 2.72 bits per heavy atom. The van der Waals surface area contributed by atoms with E-state index >= 15 is 0 Å². The second kappa shape index (κ2) is 4.70. The molecule has 3 N–H and O–H groups in total. The van der Waals surface area contributed by atoms with Crippen LogP contribution in [0.15, 0.2) is 24.3 Å². The molecule has 1 aromatic heterocycles. The first kappa shape index (κ1) is 12.4. The fourth-order valence-corrected chi connectivity index (χ4v) is 2.01. The molecule has 0 atom stereocenters. The minimum absolute atomic E-state index is 0.119. The highest BCUT2D eigenvalue weighted by Crippen LogP contribution is 2.22. The average molecular weight is 259 g/mol. The number of nitrogens with two attached hydrogens (primary N) is 1. The van der Waals surface area contributed by atoms with Crippen LogP contribution in [0.25, 0.3) is 10.9 Å². The van der Waals surface area contributed by atoms with Crippen LogP contribution in [0, 0.1) is 6.92 Å². The van der Waals surface area contributed by atoms with E-state index in [0.29, 0.717) is 10.7 Å². The van der Waals surface area contributed by atoms with Crippen molar-refractivity contribution in [3.05, 3.63) is 35.5 Å². The Labute approximate surface area is 110 Å². The number of nitrogens with zero attached hydrogens (tertiary/aromatic N) is 1. The minimum Gasteiger partial charge on any atom is -0.389 e. The smallest absolute Gasteiger partial charge is 0.221 e. The SMILES string of the molecule is CC(=O)Nc1ccc2nc(C)cc(C(N)=S)c2c1. The molecule has 92 valence electrons. The molecule has 1 amide bonds. The van der Waals surface area contributed by atoms with Crippen LogP contribution < -0.4 is 11.1 Å². The standard InChI is InChI=1S/C13H13N3OS/c1-7-5-11(13(14)18)10-6-9(16-8(2)17)3-4-12(10)15-7/h3-6H,1-2H3,(H2,14,18)(H,16,17). The molecule has 0 bridgehead atoms. The van der Waals surface area contributed by atoms with E-state index in [9.17, 15) is 4.79 Å². The zero-order chi connectivity index (χ0) is 13.3. The van der Waals surface area contributed by atoms with Crippen LogP contribution in [0.1, 0.15) is 18.2 Å². The lowest BCUT2D eigenvalue weighted by atomic mass is 10.1. The van der Waals surface area contributed by atoms with Crippen molar-refractivity contribution in [1.29, 1.82) is 0 Å². The third kappa shape index (κ3) is 2.46. The summed E-state index contributed by atoms with van der Waals surface area (Å²) < 4.78 is 0. The number of pyridine rings is 1. The first-order chi connectivity index (χ1) is 8.47. The van der Waals surface area contributed by atoms with Crippen molar-refractivity contribution >= 4 is 39.7 Å². The van der Waals surface area contributed by atoms with Crippen LogP contribution in [0.5, 0.6) is 0 Å². The molecule has 4 nitrogen and oxygen atoms in total. The number of amides is 1. The monoisotopic (exact) mass is 259 g/mol.